The highest BCUT2D eigenvalue weighted by Crippen LogP contribution is 2.19. The van der Waals surface area contributed by atoms with Gasteiger partial charge in [-0.15, -0.1) is 11.3 Å². The van der Waals surface area contributed by atoms with Crippen molar-refractivity contribution < 1.29 is 9.59 Å². The lowest BCUT2D eigenvalue weighted by Gasteiger charge is -2.22. The third-order valence-corrected chi connectivity index (χ3v) is 5.74. The first kappa shape index (κ1) is 22.4. The summed E-state index contributed by atoms with van der Waals surface area (Å²) in [5.74, 6) is -0.514. The van der Waals surface area contributed by atoms with E-state index in [1.54, 1.807) is 47.6 Å². The maximum Gasteiger partial charge on any atom is 0.253 e. The highest BCUT2D eigenvalue weighted by molar-refractivity contribution is 7.80. The third-order valence-electron chi connectivity index (χ3n) is 4.53. The molecule has 158 valence electrons. The fourth-order valence-corrected chi connectivity index (χ4v) is 3.72. The van der Waals surface area contributed by atoms with Crippen LogP contribution in [-0.2, 0) is 11.2 Å². The fraction of sp³-hybridized carbons (Fsp3) is 0.125. The fourth-order valence-electron chi connectivity index (χ4n) is 2.90. The molecule has 0 aliphatic rings. The number of nitrogens with zero attached hydrogens (tertiary/aromatic N) is 1. The highest BCUT2D eigenvalue weighted by Gasteiger charge is 2.17. The first-order valence-electron chi connectivity index (χ1n) is 9.76. The van der Waals surface area contributed by atoms with E-state index >= 15 is 0 Å². The van der Waals surface area contributed by atoms with Crippen molar-refractivity contribution in [3.63, 3.8) is 0 Å². The van der Waals surface area contributed by atoms with Gasteiger partial charge in [0.25, 0.3) is 5.91 Å². The van der Waals surface area contributed by atoms with E-state index in [-0.39, 0.29) is 16.9 Å². The van der Waals surface area contributed by atoms with Crippen molar-refractivity contribution in [2.75, 3.05) is 18.5 Å². The maximum atomic E-state index is 12.8. The first-order valence-corrected chi connectivity index (χ1v) is 11.0. The number of para-hydroxylation sites is 1. The van der Waals surface area contributed by atoms with Gasteiger partial charge in [-0.2, -0.15) is 0 Å². The van der Waals surface area contributed by atoms with Gasteiger partial charge in [0.2, 0.25) is 5.91 Å². The van der Waals surface area contributed by atoms with E-state index in [0.717, 1.165) is 16.9 Å². The van der Waals surface area contributed by atoms with Crippen molar-refractivity contribution in [2.45, 2.75) is 6.42 Å². The Morgan fingerprint density at radius 3 is 2.52 bits per heavy atom. The number of thiocarbonyl (C=S) groups is 1. The lowest BCUT2D eigenvalue weighted by atomic mass is 10.1. The van der Waals surface area contributed by atoms with Gasteiger partial charge < -0.3 is 10.2 Å². The number of nitrogens with one attached hydrogen (secondary N) is 2. The SMILES string of the molecule is CN(C(=S)NC(=O)C=Cc1cccs1)c1ccccc1C(=O)NCCc1ccccc1. The van der Waals surface area contributed by atoms with Gasteiger partial charge in [-0.25, -0.2) is 0 Å². The number of carbonyl (C=O) groups is 2. The Morgan fingerprint density at radius 1 is 1.03 bits per heavy atom. The highest BCUT2D eigenvalue weighted by atomic mass is 32.1. The van der Waals surface area contributed by atoms with Gasteiger partial charge in [-0.1, -0.05) is 48.5 Å². The first-order chi connectivity index (χ1) is 15.0. The maximum absolute atomic E-state index is 12.8. The summed E-state index contributed by atoms with van der Waals surface area (Å²) < 4.78 is 0. The summed E-state index contributed by atoms with van der Waals surface area (Å²) in [6, 6.07) is 21.0. The molecule has 2 amide bonds. The van der Waals surface area contributed by atoms with E-state index in [1.807, 2.05) is 53.9 Å². The van der Waals surface area contributed by atoms with E-state index < -0.39 is 0 Å². The molecule has 31 heavy (non-hydrogen) atoms. The molecular formula is C24H23N3O2S2. The lowest BCUT2D eigenvalue weighted by Crippen LogP contribution is -2.41. The van der Waals surface area contributed by atoms with Crippen LogP contribution in [0.3, 0.4) is 0 Å². The van der Waals surface area contributed by atoms with Crippen LogP contribution in [0.15, 0.2) is 78.2 Å². The molecule has 0 radical (unpaired) electrons. The monoisotopic (exact) mass is 449 g/mol. The van der Waals surface area contributed by atoms with Gasteiger partial charge in [0.1, 0.15) is 0 Å². The van der Waals surface area contributed by atoms with Crippen molar-refractivity contribution in [1.82, 2.24) is 10.6 Å². The summed E-state index contributed by atoms with van der Waals surface area (Å²) in [4.78, 5) is 27.6. The second-order valence-electron chi connectivity index (χ2n) is 6.71. The molecule has 0 spiro atoms. The van der Waals surface area contributed by atoms with Crippen LogP contribution >= 0.6 is 23.6 Å². The molecule has 0 aliphatic heterocycles. The third kappa shape index (κ3) is 6.60. The van der Waals surface area contributed by atoms with Crippen LogP contribution in [0.4, 0.5) is 5.69 Å². The predicted molar refractivity (Wildman–Crippen MR) is 131 cm³/mol. The van der Waals surface area contributed by atoms with Gasteiger partial charge >= 0.3 is 0 Å². The van der Waals surface area contributed by atoms with Gasteiger partial charge in [-0.05, 0) is 53.9 Å². The van der Waals surface area contributed by atoms with Crippen molar-refractivity contribution in [2.24, 2.45) is 0 Å². The van der Waals surface area contributed by atoms with Crippen LogP contribution in [0.5, 0.6) is 0 Å². The smallest absolute Gasteiger partial charge is 0.253 e. The van der Waals surface area contributed by atoms with Gasteiger partial charge in [0, 0.05) is 24.5 Å². The Hall–Kier alpha value is -3.29. The van der Waals surface area contributed by atoms with Crippen LogP contribution in [-0.4, -0.2) is 30.5 Å². The minimum absolute atomic E-state index is 0.190. The predicted octanol–water partition coefficient (Wildman–Crippen LogP) is 4.27. The molecule has 2 aromatic carbocycles. The summed E-state index contributed by atoms with van der Waals surface area (Å²) in [7, 11) is 1.72. The van der Waals surface area contributed by atoms with Crippen molar-refractivity contribution >= 4 is 52.2 Å². The molecular weight excluding hydrogens is 426 g/mol. The average molecular weight is 450 g/mol. The number of amides is 2. The zero-order valence-corrected chi connectivity index (χ0v) is 18.7. The molecule has 7 heteroatoms. The molecule has 0 aliphatic carbocycles. The minimum Gasteiger partial charge on any atom is -0.352 e. The van der Waals surface area contributed by atoms with E-state index in [2.05, 4.69) is 10.6 Å². The summed E-state index contributed by atoms with van der Waals surface area (Å²) in [5.41, 5.74) is 2.27. The van der Waals surface area contributed by atoms with Crippen LogP contribution < -0.4 is 15.5 Å². The van der Waals surface area contributed by atoms with E-state index in [4.69, 9.17) is 12.2 Å². The molecule has 0 atom stereocenters. The Balaban J connectivity index is 1.60. The number of hydrogen-bond donors (Lipinski definition) is 2. The molecule has 0 saturated heterocycles. The standard InChI is InChI=1S/C24H23N3O2S2/c1-27(24(30)26-22(28)14-13-19-10-7-17-31-19)21-12-6-5-11-20(21)23(29)25-16-15-18-8-3-2-4-9-18/h2-14,17H,15-16H2,1H3,(H,25,29)(H,26,28,30). The number of thiophene rings is 1. The number of hydrogen-bond acceptors (Lipinski definition) is 4. The Bertz CT molecular complexity index is 1060. The Morgan fingerprint density at radius 2 is 1.77 bits per heavy atom. The van der Waals surface area contributed by atoms with Crippen molar-refractivity contribution in [3.8, 4) is 0 Å². The molecule has 3 aromatic rings. The number of carbonyl (C=O) groups excluding carboxylic acids is 2. The molecule has 0 unspecified atom stereocenters. The molecule has 2 N–H and O–H groups in total. The van der Waals surface area contributed by atoms with Crippen molar-refractivity contribution in [1.29, 1.82) is 0 Å². The zero-order valence-electron chi connectivity index (χ0n) is 17.1. The van der Waals surface area contributed by atoms with Crippen LogP contribution in [0, 0.1) is 0 Å². The average Bonchev–Trinajstić information content (AvgIpc) is 3.31. The summed E-state index contributed by atoms with van der Waals surface area (Å²) in [6.45, 7) is 0.523. The topological polar surface area (TPSA) is 61.4 Å². The summed E-state index contributed by atoms with van der Waals surface area (Å²) in [6.07, 6.45) is 3.92. The molecule has 5 nitrogen and oxygen atoms in total. The van der Waals surface area contributed by atoms with Crippen LogP contribution in [0.2, 0.25) is 0 Å². The van der Waals surface area contributed by atoms with Crippen LogP contribution in [0.25, 0.3) is 6.08 Å². The zero-order chi connectivity index (χ0) is 22.1. The summed E-state index contributed by atoms with van der Waals surface area (Å²) >= 11 is 6.92. The second kappa shape index (κ2) is 11.2. The molecule has 1 heterocycles. The normalized spacial score (nSPS) is 10.6. The Kier molecular flexibility index (Phi) is 8.09. The number of anilines is 1. The van der Waals surface area contributed by atoms with Crippen LogP contribution in [0.1, 0.15) is 20.8 Å². The summed E-state index contributed by atoms with van der Waals surface area (Å²) in [5, 5.41) is 7.78. The Labute approximate surface area is 191 Å². The number of benzene rings is 2. The molecule has 0 saturated carbocycles. The minimum atomic E-state index is -0.324. The van der Waals surface area contributed by atoms with Gasteiger partial charge in [0.05, 0.1) is 11.3 Å². The molecule has 0 bridgehead atoms. The van der Waals surface area contributed by atoms with E-state index in [1.165, 1.54) is 6.08 Å². The molecule has 1 aromatic heterocycles. The van der Waals surface area contributed by atoms with E-state index in [0.29, 0.717) is 17.8 Å². The largest absolute Gasteiger partial charge is 0.352 e. The van der Waals surface area contributed by atoms with Crippen molar-refractivity contribution in [3.05, 3.63) is 94.2 Å². The molecule has 0 fully saturated rings. The second-order valence-corrected chi connectivity index (χ2v) is 8.08. The lowest BCUT2D eigenvalue weighted by molar-refractivity contribution is -0.115. The van der Waals surface area contributed by atoms with Gasteiger partial charge in [-0.3, -0.25) is 14.9 Å². The van der Waals surface area contributed by atoms with E-state index in [9.17, 15) is 9.59 Å². The number of rotatable bonds is 7. The quantitative estimate of drug-likeness (QED) is 0.418. The van der Waals surface area contributed by atoms with Gasteiger partial charge in [0.15, 0.2) is 5.11 Å². The molecule has 3 rings (SSSR count).